The van der Waals surface area contributed by atoms with Gasteiger partial charge >= 0.3 is 5.97 Å². The minimum absolute atomic E-state index is 0.0356. The molecule has 3 N–H and O–H groups in total. The number of aromatic nitrogens is 2. The van der Waals surface area contributed by atoms with Crippen LogP contribution in [0.2, 0.25) is 0 Å². The first-order valence-electron chi connectivity index (χ1n) is 5.30. The summed E-state index contributed by atoms with van der Waals surface area (Å²) < 4.78 is 0. The lowest BCUT2D eigenvalue weighted by atomic mass is 10.1. The Morgan fingerprint density at radius 3 is 2.94 bits per heavy atom. The van der Waals surface area contributed by atoms with Gasteiger partial charge in [-0.25, -0.2) is 9.78 Å². The molecule has 0 atom stereocenters. The maximum Gasteiger partial charge on any atom is 0.372 e. The van der Waals surface area contributed by atoms with Gasteiger partial charge in [0, 0.05) is 26.1 Å². The highest BCUT2D eigenvalue weighted by atomic mass is 16.4. The Hall–Kier alpha value is -1.73. The molecule has 0 unspecified atom stereocenters. The number of carboxylic acid groups (broad SMARTS) is 1. The number of aromatic amines is 1. The Kier molecular flexibility index (Phi) is 3.21. The van der Waals surface area contributed by atoms with Crippen molar-refractivity contribution in [2.24, 2.45) is 0 Å². The molecule has 0 saturated carbocycles. The van der Waals surface area contributed by atoms with E-state index < -0.39 is 11.5 Å². The maximum atomic E-state index is 11.7. The van der Waals surface area contributed by atoms with E-state index in [2.05, 4.69) is 9.97 Å². The molecular formula is C10H13N3O4. The maximum absolute atomic E-state index is 11.7. The molecule has 1 aliphatic heterocycles. The molecule has 0 bridgehead atoms. The number of carbonyl (C=O) groups is 1. The lowest BCUT2D eigenvalue weighted by Crippen LogP contribution is -2.37. The minimum atomic E-state index is -1.23. The van der Waals surface area contributed by atoms with Crippen LogP contribution in [0.15, 0.2) is 4.79 Å². The molecule has 0 amide bonds. The van der Waals surface area contributed by atoms with Crippen LogP contribution in [-0.2, 0) is 13.0 Å². The largest absolute Gasteiger partial charge is 0.475 e. The molecule has 7 heteroatoms. The smallest absolute Gasteiger partial charge is 0.372 e. The fourth-order valence-electron chi connectivity index (χ4n) is 1.91. The van der Waals surface area contributed by atoms with Gasteiger partial charge in [-0.3, -0.25) is 9.69 Å². The molecule has 1 aromatic rings. The van der Waals surface area contributed by atoms with Gasteiger partial charge in [-0.2, -0.15) is 0 Å². The van der Waals surface area contributed by atoms with Crippen molar-refractivity contribution >= 4 is 5.97 Å². The zero-order chi connectivity index (χ0) is 12.4. The summed E-state index contributed by atoms with van der Waals surface area (Å²) in [5, 5.41) is 17.6. The van der Waals surface area contributed by atoms with Crippen molar-refractivity contribution in [3.05, 3.63) is 27.4 Å². The lowest BCUT2D eigenvalue weighted by Gasteiger charge is -2.26. The van der Waals surface area contributed by atoms with Gasteiger partial charge < -0.3 is 15.2 Å². The number of fused-ring (bicyclic) bond motifs is 1. The first-order valence-corrected chi connectivity index (χ1v) is 5.30. The second kappa shape index (κ2) is 4.64. The van der Waals surface area contributed by atoms with Gasteiger partial charge in [0.15, 0.2) is 0 Å². The monoisotopic (exact) mass is 239 g/mol. The Bertz CT molecular complexity index is 497. The normalized spacial score (nSPS) is 15.6. The molecule has 17 heavy (non-hydrogen) atoms. The summed E-state index contributed by atoms with van der Waals surface area (Å²) in [5.41, 5.74) is 0.630. The minimum Gasteiger partial charge on any atom is -0.475 e. The molecule has 92 valence electrons. The molecule has 7 nitrogen and oxygen atoms in total. The predicted octanol–water partition coefficient (Wildman–Crippen LogP) is -1.18. The first kappa shape index (κ1) is 11.7. The molecule has 2 heterocycles. The van der Waals surface area contributed by atoms with E-state index in [1.807, 2.05) is 4.90 Å². The molecule has 2 rings (SSSR count). The van der Waals surface area contributed by atoms with Crippen LogP contribution in [0.5, 0.6) is 0 Å². The van der Waals surface area contributed by atoms with E-state index in [1.54, 1.807) is 0 Å². The number of carboxylic acids is 1. The van der Waals surface area contributed by atoms with Crippen LogP contribution in [0.3, 0.4) is 0 Å². The van der Waals surface area contributed by atoms with Crippen molar-refractivity contribution in [2.75, 3.05) is 19.7 Å². The summed E-state index contributed by atoms with van der Waals surface area (Å²) in [6.07, 6.45) is 0.527. The molecule has 0 radical (unpaired) electrons. The Balaban J connectivity index is 2.34. The van der Waals surface area contributed by atoms with E-state index in [9.17, 15) is 9.59 Å². The van der Waals surface area contributed by atoms with Crippen LogP contribution in [-0.4, -0.2) is 50.7 Å². The van der Waals surface area contributed by atoms with Crippen molar-refractivity contribution in [3.63, 3.8) is 0 Å². The Morgan fingerprint density at radius 2 is 2.29 bits per heavy atom. The zero-order valence-corrected chi connectivity index (χ0v) is 9.14. The standard InChI is InChI=1S/C10H13N3O4/c14-4-3-13-2-1-7-6(5-13)9(15)12-8(11-7)10(16)17/h14H,1-5H2,(H,16,17)(H,11,12,15). The average Bonchev–Trinajstić information content (AvgIpc) is 2.30. The molecule has 1 aromatic heterocycles. The van der Waals surface area contributed by atoms with Gasteiger partial charge in [0.2, 0.25) is 5.82 Å². The van der Waals surface area contributed by atoms with Crippen molar-refractivity contribution in [1.29, 1.82) is 0 Å². The Morgan fingerprint density at radius 1 is 1.53 bits per heavy atom. The average molecular weight is 239 g/mol. The van der Waals surface area contributed by atoms with Crippen LogP contribution in [0.4, 0.5) is 0 Å². The molecule has 0 aromatic carbocycles. The molecule has 0 saturated heterocycles. The van der Waals surface area contributed by atoms with Gasteiger partial charge in [0.1, 0.15) is 0 Å². The highest BCUT2D eigenvalue weighted by Crippen LogP contribution is 2.12. The van der Waals surface area contributed by atoms with Crippen molar-refractivity contribution in [3.8, 4) is 0 Å². The SMILES string of the molecule is O=C(O)c1nc2c(c(=O)[nH]1)CN(CCO)CC2. The summed E-state index contributed by atoms with van der Waals surface area (Å²) in [5.74, 6) is -1.55. The van der Waals surface area contributed by atoms with Crippen LogP contribution < -0.4 is 5.56 Å². The van der Waals surface area contributed by atoms with Gasteiger partial charge in [-0.1, -0.05) is 0 Å². The topological polar surface area (TPSA) is 107 Å². The molecular weight excluding hydrogens is 226 g/mol. The van der Waals surface area contributed by atoms with E-state index in [-0.39, 0.29) is 12.4 Å². The summed E-state index contributed by atoms with van der Waals surface area (Å²) >= 11 is 0. The van der Waals surface area contributed by atoms with Crippen LogP contribution >= 0.6 is 0 Å². The van der Waals surface area contributed by atoms with Crippen LogP contribution in [0.25, 0.3) is 0 Å². The number of nitrogens with zero attached hydrogens (tertiary/aromatic N) is 2. The third-order valence-electron chi connectivity index (χ3n) is 2.77. The van der Waals surface area contributed by atoms with Crippen LogP contribution in [0.1, 0.15) is 21.9 Å². The number of nitrogens with one attached hydrogen (secondary N) is 1. The van der Waals surface area contributed by atoms with E-state index in [0.29, 0.717) is 37.3 Å². The molecule has 0 aliphatic carbocycles. The highest BCUT2D eigenvalue weighted by Gasteiger charge is 2.21. The second-order valence-electron chi connectivity index (χ2n) is 3.89. The quantitative estimate of drug-likeness (QED) is 0.613. The summed E-state index contributed by atoms with van der Waals surface area (Å²) in [6, 6.07) is 0. The number of β-amino-alcohol motifs (C(OH)–C–C–N with tert-alkyl or cyclic N) is 1. The molecule has 0 fully saturated rings. The number of aliphatic hydroxyl groups excluding tert-OH is 1. The third-order valence-corrected chi connectivity index (χ3v) is 2.77. The predicted molar refractivity (Wildman–Crippen MR) is 57.9 cm³/mol. The van der Waals surface area contributed by atoms with Gasteiger partial charge in [0.05, 0.1) is 17.9 Å². The number of aromatic carboxylic acids is 1. The number of hydrogen-bond acceptors (Lipinski definition) is 5. The number of rotatable bonds is 3. The van der Waals surface area contributed by atoms with Crippen LogP contribution in [0, 0.1) is 0 Å². The van der Waals surface area contributed by atoms with Gasteiger partial charge in [-0.05, 0) is 0 Å². The second-order valence-corrected chi connectivity index (χ2v) is 3.89. The van der Waals surface area contributed by atoms with E-state index >= 15 is 0 Å². The van der Waals surface area contributed by atoms with Gasteiger partial charge in [-0.15, -0.1) is 0 Å². The fraction of sp³-hybridized carbons (Fsp3) is 0.500. The lowest BCUT2D eigenvalue weighted by molar-refractivity contribution is 0.0682. The summed E-state index contributed by atoms with van der Waals surface area (Å²) in [4.78, 5) is 30.5. The van der Waals surface area contributed by atoms with Gasteiger partial charge in [0.25, 0.3) is 5.56 Å². The summed E-state index contributed by atoms with van der Waals surface area (Å²) in [6.45, 7) is 1.61. The van der Waals surface area contributed by atoms with E-state index in [4.69, 9.17) is 10.2 Å². The zero-order valence-electron chi connectivity index (χ0n) is 9.14. The van der Waals surface area contributed by atoms with Crippen molar-refractivity contribution in [1.82, 2.24) is 14.9 Å². The number of H-pyrrole nitrogens is 1. The highest BCUT2D eigenvalue weighted by molar-refractivity contribution is 5.83. The molecule has 0 spiro atoms. The molecule has 1 aliphatic rings. The number of aliphatic hydroxyl groups is 1. The first-order chi connectivity index (χ1) is 8.11. The van der Waals surface area contributed by atoms with Crippen molar-refractivity contribution in [2.45, 2.75) is 13.0 Å². The fourth-order valence-corrected chi connectivity index (χ4v) is 1.91. The van der Waals surface area contributed by atoms with E-state index in [0.717, 1.165) is 0 Å². The summed E-state index contributed by atoms with van der Waals surface area (Å²) in [7, 11) is 0. The Labute approximate surface area is 96.7 Å². The van der Waals surface area contributed by atoms with E-state index in [1.165, 1.54) is 0 Å². The number of hydrogen-bond donors (Lipinski definition) is 3. The van der Waals surface area contributed by atoms with Crippen molar-refractivity contribution < 1.29 is 15.0 Å². The third kappa shape index (κ3) is 2.34.